The van der Waals surface area contributed by atoms with Crippen molar-refractivity contribution in [3.8, 4) is 0 Å². The van der Waals surface area contributed by atoms with Gasteiger partial charge in [0, 0.05) is 18.8 Å². The molecule has 0 bridgehead atoms. The van der Waals surface area contributed by atoms with Crippen LogP contribution >= 0.6 is 0 Å². The number of rotatable bonds is 8. The number of unbranched alkanes of at least 4 members (excludes halogenated alkanes) is 4. The van der Waals surface area contributed by atoms with Gasteiger partial charge in [-0.1, -0.05) is 12.8 Å². The van der Waals surface area contributed by atoms with Crippen molar-refractivity contribution in [1.29, 1.82) is 0 Å². The molecule has 1 heterocycles. The van der Waals surface area contributed by atoms with E-state index in [0.29, 0.717) is 0 Å². The van der Waals surface area contributed by atoms with Crippen molar-refractivity contribution < 1.29 is 43.9 Å². The van der Waals surface area contributed by atoms with Crippen molar-refractivity contribution in [2.45, 2.75) is 51.4 Å². The molecule has 0 amide bonds. The Balaban J connectivity index is 0.00000256. The monoisotopic (exact) mass is 250 g/mol. The third kappa shape index (κ3) is 8.20. The van der Waals surface area contributed by atoms with Crippen LogP contribution in [0.4, 0.5) is 0 Å². The predicted octanol–water partition coefficient (Wildman–Crippen LogP) is -1.68. The Bertz CT molecular complexity index is 215. The molecule has 0 N–H and O–H groups in total. The van der Waals surface area contributed by atoms with Crippen molar-refractivity contribution in [1.82, 2.24) is 0 Å². The van der Waals surface area contributed by atoms with Crippen LogP contribution in [0.25, 0.3) is 0 Å². The molecular weight excluding hydrogens is 225 g/mol. The Hall–Kier alpha value is 0.430. The molecule has 0 aromatic carbocycles. The molecule has 0 spiro atoms. The fraction of sp³-hybridized carbons (Fsp3) is 0.923. The minimum atomic E-state index is -0.907. The average molecular weight is 250 g/mol. The summed E-state index contributed by atoms with van der Waals surface area (Å²) >= 11 is 0. The molecule has 1 aliphatic rings. The number of carboxylic acids is 1. The van der Waals surface area contributed by atoms with Crippen LogP contribution < -0.4 is 34.7 Å². The summed E-state index contributed by atoms with van der Waals surface area (Å²) in [4.78, 5) is 10.2. The number of likely N-dealkylation sites (tertiary alicyclic amines) is 1. The largest absolute Gasteiger partial charge is 1.00 e. The molecule has 0 aliphatic carbocycles. The van der Waals surface area contributed by atoms with Gasteiger partial charge in [-0.05, 0) is 25.7 Å². The fourth-order valence-electron chi connectivity index (χ4n) is 2.62. The Kier molecular flexibility index (Phi) is 9.61. The van der Waals surface area contributed by atoms with Crippen LogP contribution in [0.5, 0.6) is 0 Å². The zero-order valence-corrected chi connectivity index (χ0v) is 13.5. The predicted molar refractivity (Wildman–Crippen MR) is 62.7 cm³/mol. The molecular formula is C13H25NNaO2+. The van der Waals surface area contributed by atoms with Crippen LogP contribution in [0.1, 0.15) is 51.4 Å². The average Bonchev–Trinajstić information content (AvgIpc) is 2.64. The van der Waals surface area contributed by atoms with Crippen LogP contribution in [0.15, 0.2) is 0 Å². The molecule has 0 saturated carbocycles. The van der Waals surface area contributed by atoms with Gasteiger partial charge in [0.2, 0.25) is 0 Å². The van der Waals surface area contributed by atoms with E-state index in [4.69, 9.17) is 0 Å². The van der Waals surface area contributed by atoms with E-state index in [9.17, 15) is 9.90 Å². The molecule has 1 fully saturated rings. The topological polar surface area (TPSA) is 40.1 Å². The first-order chi connectivity index (χ1) is 7.62. The Labute approximate surface area is 127 Å². The molecule has 0 radical (unpaired) electrons. The number of nitrogens with zero attached hydrogens (tertiary/aromatic N) is 1. The third-order valence-electron chi connectivity index (χ3n) is 3.72. The second-order valence-electron chi connectivity index (χ2n) is 5.39. The third-order valence-corrected chi connectivity index (χ3v) is 3.72. The first-order valence-electron chi connectivity index (χ1n) is 6.66. The quantitative estimate of drug-likeness (QED) is 0.293. The van der Waals surface area contributed by atoms with E-state index >= 15 is 0 Å². The van der Waals surface area contributed by atoms with E-state index in [1.807, 2.05) is 0 Å². The molecule has 0 aromatic rings. The Morgan fingerprint density at radius 1 is 1.06 bits per heavy atom. The standard InChI is InChI=1S/C13H25NO2.Na/c1-14(11-7-8-12-14)10-6-4-2-3-5-9-13(15)16;/h2-12H2,1H3;/q;+1. The maximum atomic E-state index is 10.2. The number of carbonyl (C=O) groups is 1. The van der Waals surface area contributed by atoms with Crippen LogP contribution in [0.2, 0.25) is 0 Å². The molecule has 94 valence electrons. The number of aliphatic carboxylic acids is 1. The summed E-state index contributed by atoms with van der Waals surface area (Å²) < 4.78 is 1.26. The first-order valence-corrected chi connectivity index (χ1v) is 6.66. The number of hydrogen-bond donors (Lipinski definition) is 0. The van der Waals surface area contributed by atoms with Crippen molar-refractivity contribution in [2.75, 3.05) is 26.7 Å². The van der Waals surface area contributed by atoms with Crippen LogP contribution in [0, 0.1) is 0 Å². The van der Waals surface area contributed by atoms with Crippen molar-refractivity contribution in [3.05, 3.63) is 0 Å². The Morgan fingerprint density at radius 2 is 1.59 bits per heavy atom. The van der Waals surface area contributed by atoms with Gasteiger partial charge in [0.05, 0.1) is 26.7 Å². The molecule has 0 atom stereocenters. The summed E-state index contributed by atoms with van der Waals surface area (Å²) in [5, 5.41) is 10.2. The number of quaternary nitrogens is 1. The van der Waals surface area contributed by atoms with Gasteiger partial charge >= 0.3 is 29.6 Å². The van der Waals surface area contributed by atoms with Gasteiger partial charge in [0.15, 0.2) is 0 Å². The minimum Gasteiger partial charge on any atom is -0.550 e. The summed E-state index contributed by atoms with van der Waals surface area (Å²) in [5.41, 5.74) is 0. The van der Waals surface area contributed by atoms with Gasteiger partial charge in [-0.2, -0.15) is 0 Å². The van der Waals surface area contributed by atoms with Crippen LogP contribution in [-0.2, 0) is 4.79 Å². The molecule has 17 heavy (non-hydrogen) atoms. The second-order valence-corrected chi connectivity index (χ2v) is 5.39. The summed E-state index contributed by atoms with van der Waals surface area (Å²) in [7, 11) is 2.36. The summed E-state index contributed by atoms with van der Waals surface area (Å²) in [6, 6.07) is 0. The van der Waals surface area contributed by atoms with Gasteiger partial charge in [-0.15, -0.1) is 0 Å². The molecule has 0 unspecified atom stereocenters. The van der Waals surface area contributed by atoms with Gasteiger partial charge in [-0.25, -0.2) is 0 Å². The van der Waals surface area contributed by atoms with Crippen LogP contribution in [0.3, 0.4) is 0 Å². The zero-order valence-electron chi connectivity index (χ0n) is 11.5. The van der Waals surface area contributed by atoms with Crippen molar-refractivity contribution >= 4 is 5.97 Å². The number of hydrogen-bond acceptors (Lipinski definition) is 2. The van der Waals surface area contributed by atoms with E-state index in [1.54, 1.807) is 0 Å². The minimum absolute atomic E-state index is 0. The van der Waals surface area contributed by atoms with Gasteiger partial charge in [-0.3, -0.25) is 0 Å². The van der Waals surface area contributed by atoms with Crippen molar-refractivity contribution in [3.63, 3.8) is 0 Å². The number of carbonyl (C=O) groups excluding carboxylic acids is 1. The van der Waals surface area contributed by atoms with E-state index in [-0.39, 0.29) is 36.0 Å². The van der Waals surface area contributed by atoms with E-state index in [2.05, 4.69) is 7.05 Å². The van der Waals surface area contributed by atoms with Crippen molar-refractivity contribution in [2.24, 2.45) is 0 Å². The summed E-state index contributed by atoms with van der Waals surface area (Å²) in [6.45, 7) is 4.01. The van der Waals surface area contributed by atoms with Gasteiger partial charge in [0.1, 0.15) is 0 Å². The maximum absolute atomic E-state index is 10.2. The summed E-state index contributed by atoms with van der Waals surface area (Å²) in [5.74, 6) is -0.907. The normalized spacial score (nSPS) is 17.7. The van der Waals surface area contributed by atoms with E-state index in [1.165, 1.54) is 56.2 Å². The molecule has 1 rings (SSSR count). The zero-order chi connectivity index (χ0) is 11.9. The fourth-order valence-corrected chi connectivity index (χ4v) is 2.62. The van der Waals surface area contributed by atoms with E-state index < -0.39 is 5.97 Å². The summed E-state index contributed by atoms with van der Waals surface area (Å²) in [6.07, 6.45) is 8.56. The number of carboxylic acid groups (broad SMARTS) is 1. The van der Waals surface area contributed by atoms with Crippen LogP contribution in [-0.4, -0.2) is 37.1 Å². The SMILES string of the molecule is C[N+]1(CCCCCCCC(=O)[O-])CCCC1.[Na+]. The first kappa shape index (κ1) is 17.4. The smallest absolute Gasteiger partial charge is 0.550 e. The maximum Gasteiger partial charge on any atom is 1.00 e. The molecule has 0 aromatic heterocycles. The molecule has 1 aliphatic heterocycles. The molecule has 1 saturated heterocycles. The van der Waals surface area contributed by atoms with E-state index in [0.717, 1.165) is 12.8 Å². The molecule has 4 heteroatoms. The van der Waals surface area contributed by atoms with Gasteiger partial charge in [0.25, 0.3) is 0 Å². The Morgan fingerprint density at radius 3 is 2.18 bits per heavy atom. The van der Waals surface area contributed by atoms with Gasteiger partial charge < -0.3 is 14.4 Å². The molecule has 3 nitrogen and oxygen atoms in total. The second kappa shape index (κ2) is 9.37.